The van der Waals surface area contributed by atoms with Gasteiger partial charge in [-0.15, -0.1) is 0 Å². The first-order valence-electron chi connectivity index (χ1n) is 6.63. The van der Waals surface area contributed by atoms with E-state index in [0.717, 1.165) is 25.7 Å². The molecule has 1 fully saturated rings. The molecule has 1 aliphatic rings. The number of rotatable bonds is 5. The van der Waals surface area contributed by atoms with Gasteiger partial charge >= 0.3 is 5.97 Å². The monoisotopic (exact) mass is 267 g/mol. The third kappa shape index (κ3) is 3.36. The summed E-state index contributed by atoms with van der Waals surface area (Å²) in [6.45, 7) is 2.83. The van der Waals surface area contributed by atoms with Gasteiger partial charge in [0.15, 0.2) is 0 Å². The molecule has 2 rings (SSSR count). The van der Waals surface area contributed by atoms with Crippen LogP contribution in [0.15, 0.2) is 10.5 Å². The minimum absolute atomic E-state index is 0.00276. The van der Waals surface area contributed by atoms with E-state index in [1.165, 1.54) is 0 Å². The smallest absolute Gasteiger partial charge is 0.372 e. The van der Waals surface area contributed by atoms with E-state index in [9.17, 15) is 9.90 Å². The Labute approximate surface area is 112 Å². The molecule has 1 saturated carbocycles. The number of carboxylic acids is 1. The number of nitrogens with zero attached hydrogens (tertiary/aromatic N) is 1. The number of furan rings is 1. The number of carbonyl (C=O) groups is 1. The molecule has 1 aliphatic carbocycles. The molecule has 0 atom stereocenters. The summed E-state index contributed by atoms with van der Waals surface area (Å²) in [5.74, 6) is -0.414. The predicted octanol–water partition coefficient (Wildman–Crippen LogP) is 2.02. The third-order valence-corrected chi connectivity index (χ3v) is 3.69. The SMILES string of the molecule is Cc1cc(CN(C)CC2(O)CCCC2)oc1C(=O)O. The maximum absolute atomic E-state index is 10.9. The molecule has 1 aromatic heterocycles. The van der Waals surface area contributed by atoms with Gasteiger partial charge in [-0.25, -0.2) is 4.79 Å². The number of aliphatic hydroxyl groups is 1. The van der Waals surface area contributed by atoms with Gasteiger partial charge < -0.3 is 14.6 Å². The van der Waals surface area contributed by atoms with Crippen LogP contribution in [0.5, 0.6) is 0 Å². The maximum Gasteiger partial charge on any atom is 0.372 e. The summed E-state index contributed by atoms with van der Waals surface area (Å²) in [7, 11) is 1.91. The molecule has 0 aromatic carbocycles. The van der Waals surface area contributed by atoms with E-state index in [-0.39, 0.29) is 5.76 Å². The molecule has 5 nitrogen and oxygen atoms in total. The van der Waals surface area contributed by atoms with Crippen molar-refractivity contribution in [3.63, 3.8) is 0 Å². The van der Waals surface area contributed by atoms with Crippen molar-refractivity contribution in [2.75, 3.05) is 13.6 Å². The Morgan fingerprint density at radius 1 is 1.47 bits per heavy atom. The summed E-state index contributed by atoms with van der Waals surface area (Å²) in [4.78, 5) is 12.9. The number of aryl methyl sites for hydroxylation is 1. The number of aromatic carboxylic acids is 1. The van der Waals surface area contributed by atoms with Gasteiger partial charge in [0.2, 0.25) is 5.76 Å². The Morgan fingerprint density at radius 2 is 2.11 bits per heavy atom. The maximum atomic E-state index is 10.9. The molecule has 0 radical (unpaired) electrons. The van der Waals surface area contributed by atoms with Crippen molar-refractivity contribution < 1.29 is 19.4 Å². The van der Waals surface area contributed by atoms with Gasteiger partial charge in [0.25, 0.3) is 0 Å². The van der Waals surface area contributed by atoms with E-state index in [1.807, 2.05) is 11.9 Å². The molecule has 0 bridgehead atoms. The summed E-state index contributed by atoms with van der Waals surface area (Å²) in [5, 5.41) is 19.3. The first-order chi connectivity index (χ1) is 8.89. The van der Waals surface area contributed by atoms with Crippen LogP contribution in [0.25, 0.3) is 0 Å². The van der Waals surface area contributed by atoms with E-state index in [0.29, 0.717) is 24.4 Å². The highest BCUT2D eigenvalue weighted by Crippen LogP contribution is 2.30. The standard InChI is InChI=1S/C14H21NO4/c1-10-7-11(19-12(10)13(16)17)8-15(2)9-14(18)5-3-4-6-14/h7,18H,3-6,8-9H2,1-2H3,(H,16,17). The zero-order valence-electron chi connectivity index (χ0n) is 11.5. The third-order valence-electron chi connectivity index (χ3n) is 3.69. The molecule has 19 heavy (non-hydrogen) atoms. The van der Waals surface area contributed by atoms with Gasteiger partial charge in [-0.05, 0) is 32.9 Å². The second-order valence-electron chi connectivity index (χ2n) is 5.63. The van der Waals surface area contributed by atoms with E-state index in [2.05, 4.69) is 0 Å². The Kier molecular flexibility index (Phi) is 3.96. The number of likely N-dealkylation sites (N-methyl/N-ethyl adjacent to an activating group) is 1. The van der Waals surface area contributed by atoms with Crippen LogP contribution in [-0.4, -0.2) is 40.3 Å². The predicted molar refractivity (Wildman–Crippen MR) is 70.2 cm³/mol. The van der Waals surface area contributed by atoms with E-state index < -0.39 is 11.6 Å². The topological polar surface area (TPSA) is 73.9 Å². The van der Waals surface area contributed by atoms with Crippen molar-refractivity contribution in [2.24, 2.45) is 0 Å². The fourth-order valence-corrected chi connectivity index (χ4v) is 2.85. The first-order valence-corrected chi connectivity index (χ1v) is 6.63. The minimum Gasteiger partial charge on any atom is -0.475 e. The van der Waals surface area contributed by atoms with E-state index in [4.69, 9.17) is 9.52 Å². The second-order valence-corrected chi connectivity index (χ2v) is 5.63. The van der Waals surface area contributed by atoms with Crippen molar-refractivity contribution >= 4 is 5.97 Å². The van der Waals surface area contributed by atoms with Crippen LogP contribution in [0.1, 0.15) is 47.6 Å². The van der Waals surface area contributed by atoms with Crippen molar-refractivity contribution in [1.29, 1.82) is 0 Å². The number of hydrogen-bond donors (Lipinski definition) is 2. The zero-order chi connectivity index (χ0) is 14.0. The van der Waals surface area contributed by atoms with Gasteiger partial charge in [-0.2, -0.15) is 0 Å². The summed E-state index contributed by atoms with van der Waals surface area (Å²) >= 11 is 0. The molecule has 5 heteroatoms. The molecule has 106 valence electrons. The van der Waals surface area contributed by atoms with Gasteiger partial charge in [-0.3, -0.25) is 4.90 Å². The van der Waals surface area contributed by atoms with Crippen LogP contribution < -0.4 is 0 Å². The van der Waals surface area contributed by atoms with Crippen LogP contribution in [0.3, 0.4) is 0 Å². The summed E-state index contributed by atoms with van der Waals surface area (Å²) in [6.07, 6.45) is 3.84. The van der Waals surface area contributed by atoms with E-state index in [1.54, 1.807) is 13.0 Å². The lowest BCUT2D eigenvalue weighted by Crippen LogP contribution is -2.38. The molecule has 2 N–H and O–H groups in total. The highest BCUT2D eigenvalue weighted by atomic mass is 16.4. The molecular formula is C14H21NO4. The largest absolute Gasteiger partial charge is 0.475 e. The van der Waals surface area contributed by atoms with Crippen LogP contribution in [0.4, 0.5) is 0 Å². The van der Waals surface area contributed by atoms with Crippen molar-refractivity contribution in [2.45, 2.75) is 44.8 Å². The second kappa shape index (κ2) is 5.35. The molecule has 0 aliphatic heterocycles. The fraction of sp³-hybridized carbons (Fsp3) is 0.643. The van der Waals surface area contributed by atoms with Crippen molar-refractivity contribution in [1.82, 2.24) is 4.90 Å². The molecule has 0 unspecified atom stereocenters. The lowest BCUT2D eigenvalue weighted by molar-refractivity contribution is 0.0129. The van der Waals surface area contributed by atoms with Gasteiger partial charge in [-0.1, -0.05) is 12.8 Å². The van der Waals surface area contributed by atoms with Gasteiger partial charge in [0.05, 0.1) is 12.1 Å². The molecular weight excluding hydrogens is 246 g/mol. The van der Waals surface area contributed by atoms with Crippen LogP contribution in [-0.2, 0) is 6.54 Å². The number of hydrogen-bond acceptors (Lipinski definition) is 4. The van der Waals surface area contributed by atoms with Gasteiger partial charge in [0.1, 0.15) is 5.76 Å². The lowest BCUT2D eigenvalue weighted by Gasteiger charge is -2.27. The summed E-state index contributed by atoms with van der Waals surface area (Å²) < 4.78 is 5.32. The Balaban J connectivity index is 1.97. The quantitative estimate of drug-likeness (QED) is 0.853. The summed E-state index contributed by atoms with van der Waals surface area (Å²) in [6, 6.07) is 1.75. The van der Waals surface area contributed by atoms with Crippen LogP contribution in [0, 0.1) is 6.92 Å². The average Bonchev–Trinajstić information content (AvgIpc) is 2.85. The van der Waals surface area contributed by atoms with Crippen molar-refractivity contribution in [3.8, 4) is 0 Å². The Morgan fingerprint density at radius 3 is 2.63 bits per heavy atom. The molecule has 0 amide bonds. The lowest BCUT2D eigenvalue weighted by atomic mass is 10.0. The molecule has 0 spiro atoms. The minimum atomic E-state index is -1.04. The van der Waals surface area contributed by atoms with E-state index >= 15 is 0 Å². The summed E-state index contributed by atoms with van der Waals surface area (Å²) in [5.41, 5.74) is 0.0434. The molecule has 0 saturated heterocycles. The molecule has 1 aromatic rings. The Hall–Kier alpha value is -1.33. The van der Waals surface area contributed by atoms with Crippen LogP contribution >= 0.6 is 0 Å². The van der Waals surface area contributed by atoms with Gasteiger partial charge in [0, 0.05) is 12.1 Å². The van der Waals surface area contributed by atoms with Crippen molar-refractivity contribution in [3.05, 3.63) is 23.2 Å². The molecule has 1 heterocycles. The number of carboxylic acid groups (broad SMARTS) is 1. The Bertz CT molecular complexity index is 460. The highest BCUT2D eigenvalue weighted by molar-refractivity contribution is 5.86. The fourth-order valence-electron chi connectivity index (χ4n) is 2.85. The highest BCUT2D eigenvalue weighted by Gasteiger charge is 2.32. The zero-order valence-corrected chi connectivity index (χ0v) is 11.5. The first kappa shape index (κ1) is 14.1. The van der Waals surface area contributed by atoms with Crippen LogP contribution in [0.2, 0.25) is 0 Å². The normalized spacial score (nSPS) is 18.1. The average molecular weight is 267 g/mol.